The highest BCUT2D eigenvalue weighted by Crippen LogP contribution is 2.38. The van der Waals surface area contributed by atoms with E-state index in [4.69, 9.17) is 4.74 Å². The Morgan fingerprint density at radius 2 is 2.12 bits per heavy atom. The van der Waals surface area contributed by atoms with Gasteiger partial charge in [0, 0.05) is 25.3 Å². The van der Waals surface area contributed by atoms with Gasteiger partial charge >= 0.3 is 12.1 Å². The highest BCUT2D eigenvalue weighted by molar-refractivity contribution is 5.94. The van der Waals surface area contributed by atoms with Crippen LogP contribution in [-0.4, -0.2) is 58.7 Å². The minimum Gasteiger partial charge on any atom is -0.478 e. The SMILES string of the molecule is CCn1nc(C)cc1C(=O)NC1Nc2cc(C(=O)O)cc3c2C1NCCOC(=O)NCCC3. The van der Waals surface area contributed by atoms with Gasteiger partial charge in [0.15, 0.2) is 0 Å². The van der Waals surface area contributed by atoms with E-state index in [1.54, 1.807) is 22.9 Å². The molecule has 1 aromatic carbocycles. The Morgan fingerprint density at radius 1 is 1.30 bits per heavy atom. The van der Waals surface area contributed by atoms with Crippen molar-refractivity contribution in [2.75, 3.05) is 25.0 Å². The van der Waals surface area contributed by atoms with Gasteiger partial charge in [0.2, 0.25) is 0 Å². The largest absolute Gasteiger partial charge is 0.478 e. The number of cyclic esters (lactones) is 1. The second-order valence-corrected chi connectivity index (χ2v) is 8.08. The number of ether oxygens (including phenoxy) is 1. The zero-order valence-electron chi connectivity index (χ0n) is 18.6. The molecule has 4 rings (SSSR count). The van der Waals surface area contributed by atoms with Crippen LogP contribution in [0.1, 0.15) is 57.1 Å². The van der Waals surface area contributed by atoms with Crippen LogP contribution in [0.25, 0.3) is 0 Å². The summed E-state index contributed by atoms with van der Waals surface area (Å²) in [5.41, 5.74) is 3.80. The van der Waals surface area contributed by atoms with Crippen molar-refractivity contribution in [2.45, 2.75) is 45.4 Å². The molecule has 3 heterocycles. The van der Waals surface area contributed by atoms with Gasteiger partial charge in [-0.15, -0.1) is 0 Å². The maximum Gasteiger partial charge on any atom is 0.407 e. The Hall–Kier alpha value is -3.60. The van der Waals surface area contributed by atoms with Gasteiger partial charge < -0.3 is 31.1 Å². The van der Waals surface area contributed by atoms with Gasteiger partial charge in [-0.05, 0) is 56.0 Å². The van der Waals surface area contributed by atoms with E-state index in [-0.39, 0.29) is 24.1 Å². The summed E-state index contributed by atoms with van der Waals surface area (Å²) in [5.74, 6) is -1.31. The Morgan fingerprint density at radius 3 is 2.88 bits per heavy atom. The first-order valence-corrected chi connectivity index (χ1v) is 11.0. The molecule has 2 aromatic rings. The summed E-state index contributed by atoms with van der Waals surface area (Å²) in [7, 11) is 0. The molecule has 11 heteroatoms. The van der Waals surface area contributed by atoms with E-state index in [9.17, 15) is 19.5 Å². The van der Waals surface area contributed by atoms with Crippen LogP contribution in [0.3, 0.4) is 0 Å². The Balaban J connectivity index is 1.66. The number of carboxylic acid groups (broad SMARTS) is 1. The fourth-order valence-electron chi connectivity index (χ4n) is 4.35. The summed E-state index contributed by atoms with van der Waals surface area (Å²) in [6, 6.07) is 4.65. The summed E-state index contributed by atoms with van der Waals surface area (Å²) in [5, 5.41) is 26.3. The van der Waals surface area contributed by atoms with E-state index < -0.39 is 18.2 Å². The maximum atomic E-state index is 13.1. The third kappa shape index (κ3) is 4.77. The maximum absolute atomic E-state index is 13.1. The van der Waals surface area contributed by atoms with E-state index in [0.29, 0.717) is 43.9 Å². The first-order chi connectivity index (χ1) is 15.9. The van der Waals surface area contributed by atoms with Crippen molar-refractivity contribution in [1.29, 1.82) is 0 Å². The molecule has 33 heavy (non-hydrogen) atoms. The lowest BCUT2D eigenvalue weighted by molar-refractivity contribution is 0.0696. The van der Waals surface area contributed by atoms with Crippen molar-refractivity contribution in [3.05, 3.63) is 46.3 Å². The molecule has 2 amide bonds. The summed E-state index contributed by atoms with van der Waals surface area (Å²) in [6.07, 6.45) is 0.151. The number of carbonyl (C=O) groups is 3. The van der Waals surface area contributed by atoms with Gasteiger partial charge in [0.1, 0.15) is 18.5 Å². The van der Waals surface area contributed by atoms with Crippen LogP contribution in [0.2, 0.25) is 0 Å². The predicted molar refractivity (Wildman–Crippen MR) is 119 cm³/mol. The molecule has 0 spiro atoms. The number of anilines is 1. The minimum absolute atomic E-state index is 0.155. The Labute approximate surface area is 190 Å². The summed E-state index contributed by atoms with van der Waals surface area (Å²) >= 11 is 0. The third-order valence-electron chi connectivity index (χ3n) is 5.78. The quantitative estimate of drug-likeness (QED) is 0.464. The first kappa shape index (κ1) is 22.6. The molecule has 176 valence electrons. The third-order valence-corrected chi connectivity index (χ3v) is 5.78. The van der Waals surface area contributed by atoms with Crippen LogP contribution in [0, 0.1) is 6.92 Å². The number of rotatable bonds is 4. The van der Waals surface area contributed by atoms with Crippen molar-refractivity contribution in [1.82, 2.24) is 25.7 Å². The Bertz CT molecular complexity index is 1080. The molecule has 0 saturated carbocycles. The van der Waals surface area contributed by atoms with E-state index >= 15 is 0 Å². The number of carboxylic acids is 1. The van der Waals surface area contributed by atoms with Crippen LogP contribution < -0.4 is 21.3 Å². The number of benzene rings is 1. The summed E-state index contributed by atoms with van der Waals surface area (Å²) < 4.78 is 6.81. The highest BCUT2D eigenvalue weighted by atomic mass is 16.5. The van der Waals surface area contributed by atoms with E-state index in [1.807, 2.05) is 13.8 Å². The molecule has 0 bridgehead atoms. The first-order valence-electron chi connectivity index (χ1n) is 11.0. The lowest BCUT2D eigenvalue weighted by Crippen LogP contribution is -2.47. The number of aromatic nitrogens is 2. The molecule has 5 N–H and O–H groups in total. The zero-order chi connectivity index (χ0) is 23.5. The molecule has 2 atom stereocenters. The molecular formula is C22H28N6O5. The van der Waals surface area contributed by atoms with Gasteiger partial charge in [-0.25, -0.2) is 9.59 Å². The van der Waals surface area contributed by atoms with Crippen LogP contribution >= 0.6 is 0 Å². The van der Waals surface area contributed by atoms with E-state index in [2.05, 4.69) is 26.4 Å². The minimum atomic E-state index is -1.03. The zero-order valence-corrected chi connectivity index (χ0v) is 18.6. The van der Waals surface area contributed by atoms with Gasteiger partial charge in [-0.3, -0.25) is 9.48 Å². The molecule has 0 saturated heterocycles. The number of carbonyl (C=O) groups excluding carboxylic acids is 2. The smallest absolute Gasteiger partial charge is 0.407 e. The summed E-state index contributed by atoms with van der Waals surface area (Å²) in [6.45, 7) is 5.23. The van der Waals surface area contributed by atoms with Gasteiger partial charge in [-0.1, -0.05) is 0 Å². The molecule has 0 radical (unpaired) electrons. The standard InChI is InChI=1S/C22H28N6O5/c1-3-28-16(9-12(2)27-28)20(29)26-19-18-17-13(10-14(21(30)31)11-15(17)25-19)5-4-6-24-22(32)33-8-7-23-18/h9-11,18-19,23,25H,3-8H2,1-2H3,(H,24,32)(H,26,29)(H,30,31). The number of hydrogen-bond donors (Lipinski definition) is 5. The fraction of sp³-hybridized carbons (Fsp3) is 0.455. The number of nitrogens with one attached hydrogen (secondary N) is 4. The molecule has 0 aliphatic carbocycles. The predicted octanol–water partition coefficient (Wildman–Crippen LogP) is 1.39. The second kappa shape index (κ2) is 9.49. The molecule has 2 aliphatic heterocycles. The Kier molecular flexibility index (Phi) is 6.50. The topological polar surface area (TPSA) is 147 Å². The summed E-state index contributed by atoms with van der Waals surface area (Å²) in [4.78, 5) is 36.6. The number of aromatic carboxylic acids is 1. The molecule has 1 aromatic heterocycles. The fourth-order valence-corrected chi connectivity index (χ4v) is 4.35. The average molecular weight is 457 g/mol. The van der Waals surface area contributed by atoms with Crippen LogP contribution in [0.15, 0.2) is 18.2 Å². The lowest BCUT2D eigenvalue weighted by atomic mass is 9.94. The van der Waals surface area contributed by atoms with Crippen molar-refractivity contribution in [2.24, 2.45) is 0 Å². The molecule has 2 aliphatic rings. The van der Waals surface area contributed by atoms with E-state index in [1.165, 1.54) is 0 Å². The van der Waals surface area contributed by atoms with Crippen LogP contribution in [0.5, 0.6) is 0 Å². The normalized spacial score (nSPS) is 20.4. The second-order valence-electron chi connectivity index (χ2n) is 8.08. The van der Waals surface area contributed by atoms with Crippen molar-refractivity contribution >= 4 is 23.7 Å². The monoisotopic (exact) mass is 456 g/mol. The highest BCUT2D eigenvalue weighted by Gasteiger charge is 2.36. The number of amides is 2. The number of alkyl carbamates (subject to hydrolysis) is 1. The molecule has 11 nitrogen and oxygen atoms in total. The lowest BCUT2D eigenvalue weighted by Gasteiger charge is -2.24. The van der Waals surface area contributed by atoms with Crippen molar-refractivity contribution in [3.63, 3.8) is 0 Å². The number of aryl methyl sites for hydroxylation is 3. The van der Waals surface area contributed by atoms with Crippen molar-refractivity contribution in [3.8, 4) is 0 Å². The van der Waals surface area contributed by atoms with E-state index in [0.717, 1.165) is 16.8 Å². The van der Waals surface area contributed by atoms with Crippen molar-refractivity contribution < 1.29 is 24.2 Å². The van der Waals surface area contributed by atoms with Crippen LogP contribution in [0.4, 0.5) is 10.5 Å². The molecular weight excluding hydrogens is 428 g/mol. The van der Waals surface area contributed by atoms with Gasteiger partial charge in [-0.2, -0.15) is 5.10 Å². The van der Waals surface area contributed by atoms with Crippen LogP contribution in [-0.2, 0) is 17.7 Å². The van der Waals surface area contributed by atoms with Gasteiger partial charge in [0.25, 0.3) is 5.91 Å². The molecule has 0 fully saturated rings. The van der Waals surface area contributed by atoms with Gasteiger partial charge in [0.05, 0.1) is 17.3 Å². The number of hydrogen-bond acceptors (Lipinski definition) is 7. The average Bonchev–Trinajstić information content (AvgIpc) is 3.32. The molecule has 2 unspecified atom stereocenters. The number of nitrogens with zero attached hydrogens (tertiary/aromatic N) is 2.